The molecule has 0 spiro atoms. The highest BCUT2D eigenvalue weighted by Gasteiger charge is 2.20. The van der Waals surface area contributed by atoms with Gasteiger partial charge in [-0.05, 0) is 43.4 Å². The van der Waals surface area contributed by atoms with Crippen molar-refractivity contribution in [3.63, 3.8) is 0 Å². The fourth-order valence-corrected chi connectivity index (χ4v) is 3.76. The highest BCUT2D eigenvalue weighted by Crippen LogP contribution is 2.32. The standard InChI is InChI=1S/C19H26N4O4S/c1-26-17-4-3-15(11-18(17)27-2)16-12-19(21-13-20-16)23-9-6-14(7-10-23)5-8-22-28(24)25/h3-4,11-14,22H,5-10H2,1-2H3,(H,24,25)/p-1. The van der Waals surface area contributed by atoms with Gasteiger partial charge in [-0.3, -0.25) is 4.21 Å². The summed E-state index contributed by atoms with van der Waals surface area (Å²) in [5.74, 6) is 2.77. The molecular formula is C19H25N4O4S-. The number of anilines is 1. The highest BCUT2D eigenvalue weighted by atomic mass is 32.2. The third kappa shape index (κ3) is 5.18. The predicted octanol–water partition coefficient (Wildman–Crippen LogP) is 2.15. The summed E-state index contributed by atoms with van der Waals surface area (Å²) < 4.78 is 34.2. The Hall–Kier alpha value is -2.23. The van der Waals surface area contributed by atoms with E-state index in [0.29, 0.717) is 24.0 Å². The molecule has 1 N–H and O–H groups in total. The quantitative estimate of drug-likeness (QED) is 0.672. The lowest BCUT2D eigenvalue weighted by atomic mass is 9.93. The number of ether oxygens (including phenoxy) is 2. The van der Waals surface area contributed by atoms with Gasteiger partial charge in [0.1, 0.15) is 12.1 Å². The van der Waals surface area contributed by atoms with Gasteiger partial charge in [-0.2, -0.15) is 0 Å². The molecule has 0 amide bonds. The maximum atomic E-state index is 10.6. The zero-order valence-electron chi connectivity index (χ0n) is 16.1. The van der Waals surface area contributed by atoms with Crippen molar-refractivity contribution in [3.8, 4) is 22.8 Å². The molecule has 1 aliphatic heterocycles. The number of hydrogen-bond donors (Lipinski definition) is 1. The van der Waals surface area contributed by atoms with Gasteiger partial charge in [0, 0.05) is 42.5 Å². The van der Waals surface area contributed by atoms with E-state index in [-0.39, 0.29) is 0 Å². The number of nitrogens with zero attached hydrogens (tertiary/aromatic N) is 3. The fourth-order valence-electron chi connectivity index (χ4n) is 3.47. The van der Waals surface area contributed by atoms with Crippen molar-refractivity contribution in [2.45, 2.75) is 19.3 Å². The third-order valence-electron chi connectivity index (χ3n) is 5.04. The van der Waals surface area contributed by atoms with Gasteiger partial charge in [0.15, 0.2) is 11.5 Å². The van der Waals surface area contributed by atoms with Crippen LogP contribution in [0, 0.1) is 5.92 Å². The van der Waals surface area contributed by atoms with Crippen LogP contribution in [-0.4, -0.2) is 52.6 Å². The van der Waals surface area contributed by atoms with E-state index in [4.69, 9.17) is 9.47 Å². The van der Waals surface area contributed by atoms with Gasteiger partial charge >= 0.3 is 0 Å². The van der Waals surface area contributed by atoms with E-state index >= 15 is 0 Å². The Bertz CT molecular complexity index is 812. The molecule has 1 atom stereocenters. The van der Waals surface area contributed by atoms with Gasteiger partial charge in [-0.1, -0.05) is 0 Å². The average molecular weight is 406 g/mol. The first kappa shape index (κ1) is 20.5. The smallest absolute Gasteiger partial charge is 0.161 e. The van der Waals surface area contributed by atoms with E-state index in [2.05, 4.69) is 19.6 Å². The highest BCUT2D eigenvalue weighted by molar-refractivity contribution is 7.77. The van der Waals surface area contributed by atoms with Crippen LogP contribution in [-0.2, 0) is 11.3 Å². The zero-order valence-corrected chi connectivity index (χ0v) is 16.9. The number of benzene rings is 1. The molecule has 0 aliphatic carbocycles. The van der Waals surface area contributed by atoms with Gasteiger partial charge < -0.3 is 18.9 Å². The van der Waals surface area contributed by atoms with Crippen molar-refractivity contribution < 1.29 is 18.2 Å². The van der Waals surface area contributed by atoms with Crippen LogP contribution in [0.5, 0.6) is 11.5 Å². The first-order valence-electron chi connectivity index (χ1n) is 9.23. The SMILES string of the molecule is COc1ccc(-c2cc(N3CCC(CCNS(=O)[O-])CC3)ncn2)cc1OC. The Morgan fingerprint density at radius 3 is 2.61 bits per heavy atom. The molecule has 1 saturated heterocycles. The van der Waals surface area contributed by atoms with Crippen LogP contribution in [0.2, 0.25) is 0 Å². The van der Waals surface area contributed by atoms with Crippen LogP contribution >= 0.6 is 0 Å². The minimum Gasteiger partial charge on any atom is -0.760 e. The molecule has 2 aromatic rings. The summed E-state index contributed by atoms with van der Waals surface area (Å²) in [5, 5.41) is 0. The third-order valence-corrected chi connectivity index (χ3v) is 5.48. The minimum absolute atomic E-state index is 0.498. The summed E-state index contributed by atoms with van der Waals surface area (Å²) in [6.07, 6.45) is 4.48. The van der Waals surface area contributed by atoms with Crippen LogP contribution in [0.1, 0.15) is 19.3 Å². The van der Waals surface area contributed by atoms with E-state index in [9.17, 15) is 8.76 Å². The molecule has 1 aliphatic rings. The molecule has 9 heteroatoms. The fraction of sp³-hybridized carbons (Fsp3) is 0.474. The monoisotopic (exact) mass is 405 g/mol. The zero-order chi connectivity index (χ0) is 19.9. The van der Waals surface area contributed by atoms with Crippen LogP contribution in [0.4, 0.5) is 5.82 Å². The van der Waals surface area contributed by atoms with Crippen molar-refractivity contribution in [1.82, 2.24) is 14.7 Å². The van der Waals surface area contributed by atoms with E-state index in [1.54, 1.807) is 20.5 Å². The minimum atomic E-state index is -2.18. The van der Waals surface area contributed by atoms with Gasteiger partial charge in [0.2, 0.25) is 0 Å². The molecular weight excluding hydrogens is 380 g/mol. The molecule has 1 aromatic heterocycles. The van der Waals surface area contributed by atoms with E-state index in [1.807, 2.05) is 24.3 Å². The Balaban J connectivity index is 1.65. The maximum Gasteiger partial charge on any atom is 0.161 e. The Morgan fingerprint density at radius 1 is 1.18 bits per heavy atom. The summed E-state index contributed by atoms with van der Waals surface area (Å²) in [6, 6.07) is 7.71. The second-order valence-electron chi connectivity index (χ2n) is 6.68. The maximum absolute atomic E-state index is 10.6. The van der Waals surface area contributed by atoms with Crippen molar-refractivity contribution >= 4 is 17.1 Å². The molecule has 1 aromatic carbocycles. The topological polar surface area (TPSA) is 99.6 Å². The normalized spacial score (nSPS) is 16.0. The van der Waals surface area contributed by atoms with Crippen LogP contribution < -0.4 is 19.1 Å². The van der Waals surface area contributed by atoms with Gasteiger partial charge in [-0.25, -0.2) is 14.7 Å². The number of hydrogen-bond acceptors (Lipinski definition) is 7. The van der Waals surface area contributed by atoms with E-state index < -0.39 is 11.3 Å². The van der Waals surface area contributed by atoms with Crippen LogP contribution in [0.3, 0.4) is 0 Å². The number of nitrogens with one attached hydrogen (secondary N) is 1. The molecule has 2 heterocycles. The van der Waals surface area contributed by atoms with Crippen molar-refractivity contribution in [3.05, 3.63) is 30.6 Å². The lowest BCUT2D eigenvalue weighted by Gasteiger charge is -2.33. The molecule has 0 saturated carbocycles. The molecule has 0 radical (unpaired) electrons. The molecule has 28 heavy (non-hydrogen) atoms. The summed E-state index contributed by atoms with van der Waals surface area (Å²) in [5.41, 5.74) is 1.77. The molecule has 1 unspecified atom stereocenters. The Labute approximate surface area is 167 Å². The van der Waals surface area contributed by atoms with Gasteiger partial charge in [-0.15, -0.1) is 0 Å². The first-order chi connectivity index (χ1) is 13.6. The van der Waals surface area contributed by atoms with Crippen molar-refractivity contribution in [2.24, 2.45) is 5.92 Å². The summed E-state index contributed by atoms with van der Waals surface area (Å²) >= 11 is -2.18. The number of piperidine rings is 1. The second-order valence-corrected chi connectivity index (χ2v) is 7.44. The first-order valence-corrected chi connectivity index (χ1v) is 10.3. The van der Waals surface area contributed by atoms with E-state index in [0.717, 1.165) is 49.4 Å². The molecule has 152 valence electrons. The largest absolute Gasteiger partial charge is 0.760 e. The lowest BCUT2D eigenvalue weighted by Crippen LogP contribution is -2.35. The average Bonchev–Trinajstić information content (AvgIpc) is 2.73. The summed E-state index contributed by atoms with van der Waals surface area (Å²) in [6.45, 7) is 2.29. The summed E-state index contributed by atoms with van der Waals surface area (Å²) in [7, 11) is 3.22. The molecule has 1 fully saturated rings. The summed E-state index contributed by atoms with van der Waals surface area (Å²) in [4.78, 5) is 11.1. The number of methoxy groups -OCH3 is 2. The lowest BCUT2D eigenvalue weighted by molar-refractivity contribution is 0.355. The number of rotatable bonds is 8. The Kier molecular flexibility index (Phi) is 7.18. The van der Waals surface area contributed by atoms with Crippen molar-refractivity contribution in [1.29, 1.82) is 0 Å². The van der Waals surface area contributed by atoms with Gasteiger partial charge in [0.05, 0.1) is 19.9 Å². The van der Waals surface area contributed by atoms with Gasteiger partial charge in [0.25, 0.3) is 0 Å². The molecule has 3 rings (SSSR count). The number of aromatic nitrogens is 2. The van der Waals surface area contributed by atoms with Crippen molar-refractivity contribution in [2.75, 3.05) is 38.8 Å². The molecule has 8 nitrogen and oxygen atoms in total. The van der Waals surface area contributed by atoms with Crippen LogP contribution in [0.25, 0.3) is 11.3 Å². The van der Waals surface area contributed by atoms with Crippen LogP contribution in [0.15, 0.2) is 30.6 Å². The predicted molar refractivity (Wildman–Crippen MR) is 107 cm³/mol. The molecule has 0 bridgehead atoms. The second kappa shape index (κ2) is 9.81. The Morgan fingerprint density at radius 2 is 1.93 bits per heavy atom. The van der Waals surface area contributed by atoms with E-state index in [1.165, 1.54) is 0 Å².